The molecule has 226 valence electrons. The first kappa shape index (κ1) is 26.4. The summed E-state index contributed by atoms with van der Waals surface area (Å²) in [5.41, 5.74) is 9.44. The Kier molecular flexibility index (Phi) is 5.35. The Hall–Kier alpha value is -6.65. The number of fused-ring (bicyclic) bond motifs is 10. The highest BCUT2D eigenvalue weighted by Crippen LogP contribution is 2.48. The van der Waals surface area contributed by atoms with Crippen LogP contribution in [0.4, 0.5) is 0 Å². The van der Waals surface area contributed by atoms with Gasteiger partial charge in [0.15, 0.2) is 17.5 Å². The van der Waals surface area contributed by atoms with Gasteiger partial charge in [-0.25, -0.2) is 15.0 Å². The third kappa shape index (κ3) is 3.83. The van der Waals surface area contributed by atoms with Gasteiger partial charge in [0.2, 0.25) is 0 Å². The van der Waals surface area contributed by atoms with Gasteiger partial charge in [-0.2, -0.15) is 0 Å². The third-order valence-corrected chi connectivity index (χ3v) is 10.0. The van der Waals surface area contributed by atoms with E-state index in [2.05, 4.69) is 109 Å². The van der Waals surface area contributed by atoms with Crippen LogP contribution < -0.4 is 0 Å². The third-order valence-electron chi connectivity index (χ3n) is 10.0. The lowest BCUT2D eigenvalue weighted by Gasteiger charge is -2.11. The summed E-state index contributed by atoms with van der Waals surface area (Å²) in [6.07, 6.45) is 0. The van der Waals surface area contributed by atoms with Gasteiger partial charge >= 0.3 is 0 Å². The zero-order valence-corrected chi connectivity index (χ0v) is 26.2. The highest BCUT2D eigenvalue weighted by molar-refractivity contribution is 6.24. The molecule has 0 bridgehead atoms. The Morgan fingerprint density at radius 1 is 0.347 bits per heavy atom. The maximum absolute atomic E-state index is 6.70. The van der Waals surface area contributed by atoms with Crippen molar-refractivity contribution in [3.8, 4) is 56.4 Å². The molecule has 1 aliphatic carbocycles. The zero-order chi connectivity index (χ0) is 32.1. The van der Waals surface area contributed by atoms with Crippen LogP contribution in [0.1, 0.15) is 0 Å². The standard InChI is InChI=1S/C45H25N3O/c1-2-10-29(11-3-1)43-46-44(30-22-23-32-33-15-6-12-27-13-7-16-34(39(27)33)37(32)25-30)48-45(47-43)36-17-8-18-38-41(36)35-24-21-28-20-19-26-9-4-5-14-31(26)40(28)42(35)49-38/h1-25H. The molecule has 0 amide bonds. The fourth-order valence-corrected chi connectivity index (χ4v) is 7.83. The normalized spacial score (nSPS) is 12.1. The van der Waals surface area contributed by atoms with Gasteiger partial charge in [0.05, 0.1) is 0 Å². The van der Waals surface area contributed by atoms with Crippen LogP contribution in [0.5, 0.6) is 0 Å². The Balaban J connectivity index is 1.16. The smallest absolute Gasteiger partial charge is 0.164 e. The largest absolute Gasteiger partial charge is 0.455 e. The van der Waals surface area contributed by atoms with Gasteiger partial charge in [-0.05, 0) is 67.4 Å². The van der Waals surface area contributed by atoms with Crippen LogP contribution in [-0.4, -0.2) is 15.0 Å². The van der Waals surface area contributed by atoms with Crippen LogP contribution in [0.3, 0.4) is 0 Å². The first-order valence-corrected chi connectivity index (χ1v) is 16.5. The minimum atomic E-state index is 0.612. The molecule has 0 saturated heterocycles. The van der Waals surface area contributed by atoms with Crippen molar-refractivity contribution in [1.82, 2.24) is 15.0 Å². The van der Waals surface area contributed by atoms with E-state index in [1.807, 2.05) is 42.5 Å². The molecule has 0 spiro atoms. The molecule has 4 nitrogen and oxygen atoms in total. The molecular formula is C45H25N3O. The van der Waals surface area contributed by atoms with Crippen molar-refractivity contribution in [3.05, 3.63) is 152 Å². The summed E-state index contributed by atoms with van der Waals surface area (Å²) in [7, 11) is 0. The van der Waals surface area contributed by atoms with Crippen molar-refractivity contribution in [2.24, 2.45) is 0 Å². The SMILES string of the molecule is c1ccc(-c2nc(-c3ccc4c(c3)-c3cccc5cccc-4c35)nc(-c3cccc4oc5c(ccc6ccc7ccccc7c65)c34)n2)cc1. The molecule has 0 fully saturated rings. The van der Waals surface area contributed by atoms with Crippen LogP contribution in [0.25, 0.3) is 111 Å². The number of hydrogen-bond donors (Lipinski definition) is 0. The minimum Gasteiger partial charge on any atom is -0.455 e. The maximum atomic E-state index is 6.70. The van der Waals surface area contributed by atoms with E-state index in [0.717, 1.165) is 49.4 Å². The molecule has 0 N–H and O–H groups in total. The first-order valence-electron chi connectivity index (χ1n) is 16.5. The number of benzene rings is 8. The summed E-state index contributed by atoms with van der Waals surface area (Å²) >= 11 is 0. The van der Waals surface area contributed by atoms with Crippen molar-refractivity contribution < 1.29 is 4.42 Å². The summed E-state index contributed by atoms with van der Waals surface area (Å²) in [6.45, 7) is 0. The van der Waals surface area contributed by atoms with E-state index in [4.69, 9.17) is 19.4 Å². The molecule has 1 aliphatic rings. The number of rotatable bonds is 3. The highest BCUT2D eigenvalue weighted by atomic mass is 16.3. The van der Waals surface area contributed by atoms with Gasteiger partial charge in [0, 0.05) is 32.8 Å². The molecular weight excluding hydrogens is 599 g/mol. The van der Waals surface area contributed by atoms with Crippen molar-refractivity contribution in [1.29, 1.82) is 0 Å². The molecule has 8 aromatic carbocycles. The van der Waals surface area contributed by atoms with Crippen LogP contribution in [-0.2, 0) is 0 Å². The molecule has 11 rings (SSSR count). The van der Waals surface area contributed by atoms with Crippen LogP contribution in [0.15, 0.2) is 156 Å². The summed E-state index contributed by atoms with van der Waals surface area (Å²) in [4.78, 5) is 15.4. The van der Waals surface area contributed by atoms with E-state index >= 15 is 0 Å². The second kappa shape index (κ2) is 9.93. The van der Waals surface area contributed by atoms with E-state index in [9.17, 15) is 0 Å². The van der Waals surface area contributed by atoms with E-state index in [1.54, 1.807) is 0 Å². The molecule has 49 heavy (non-hydrogen) atoms. The second-order valence-electron chi connectivity index (χ2n) is 12.7. The van der Waals surface area contributed by atoms with Crippen LogP contribution in [0.2, 0.25) is 0 Å². The van der Waals surface area contributed by atoms with Gasteiger partial charge in [0.25, 0.3) is 0 Å². The number of nitrogens with zero attached hydrogens (tertiary/aromatic N) is 3. The summed E-state index contributed by atoms with van der Waals surface area (Å²) in [6, 6.07) is 53.2. The summed E-state index contributed by atoms with van der Waals surface area (Å²) in [5.74, 6) is 1.88. The van der Waals surface area contributed by atoms with Crippen LogP contribution >= 0.6 is 0 Å². The Morgan fingerprint density at radius 3 is 1.88 bits per heavy atom. The van der Waals surface area contributed by atoms with Gasteiger partial charge < -0.3 is 4.42 Å². The average molecular weight is 624 g/mol. The highest BCUT2D eigenvalue weighted by Gasteiger charge is 2.23. The van der Waals surface area contributed by atoms with Crippen molar-refractivity contribution in [2.45, 2.75) is 0 Å². The molecule has 4 heteroatoms. The molecule has 2 aromatic heterocycles. The van der Waals surface area contributed by atoms with Gasteiger partial charge in [-0.3, -0.25) is 0 Å². The van der Waals surface area contributed by atoms with E-state index in [-0.39, 0.29) is 0 Å². The van der Waals surface area contributed by atoms with E-state index in [1.165, 1.54) is 43.8 Å². The Bertz CT molecular complexity index is 2990. The predicted octanol–water partition coefficient (Wildman–Crippen LogP) is 11.9. The lowest BCUT2D eigenvalue weighted by atomic mass is 9.98. The zero-order valence-electron chi connectivity index (χ0n) is 26.2. The number of aromatic nitrogens is 3. The van der Waals surface area contributed by atoms with Crippen molar-refractivity contribution >= 4 is 54.3 Å². The maximum Gasteiger partial charge on any atom is 0.164 e. The fraction of sp³-hybridized carbons (Fsp3) is 0. The molecule has 2 heterocycles. The van der Waals surface area contributed by atoms with Gasteiger partial charge in [-0.1, -0.05) is 133 Å². The molecule has 0 unspecified atom stereocenters. The Labute approximate surface area is 281 Å². The molecule has 0 atom stereocenters. The first-order chi connectivity index (χ1) is 24.3. The molecule has 10 aromatic rings. The minimum absolute atomic E-state index is 0.612. The molecule has 0 radical (unpaired) electrons. The average Bonchev–Trinajstić information content (AvgIpc) is 3.71. The van der Waals surface area contributed by atoms with Crippen LogP contribution in [0, 0.1) is 0 Å². The quantitative estimate of drug-likeness (QED) is 0.184. The molecule has 0 saturated carbocycles. The summed E-state index contributed by atoms with van der Waals surface area (Å²) in [5, 5.41) is 9.23. The van der Waals surface area contributed by atoms with E-state index in [0.29, 0.717) is 17.5 Å². The van der Waals surface area contributed by atoms with Crippen molar-refractivity contribution in [3.63, 3.8) is 0 Å². The number of furan rings is 1. The monoisotopic (exact) mass is 623 g/mol. The predicted molar refractivity (Wildman–Crippen MR) is 200 cm³/mol. The Morgan fingerprint density at radius 2 is 1.00 bits per heavy atom. The second-order valence-corrected chi connectivity index (χ2v) is 12.7. The molecule has 0 aliphatic heterocycles. The topological polar surface area (TPSA) is 51.8 Å². The van der Waals surface area contributed by atoms with E-state index < -0.39 is 0 Å². The lowest BCUT2D eigenvalue weighted by Crippen LogP contribution is -2.00. The van der Waals surface area contributed by atoms with Crippen molar-refractivity contribution in [2.75, 3.05) is 0 Å². The number of hydrogen-bond acceptors (Lipinski definition) is 4. The summed E-state index contributed by atoms with van der Waals surface area (Å²) < 4.78 is 6.70. The lowest BCUT2D eigenvalue weighted by molar-refractivity contribution is 0.673. The van der Waals surface area contributed by atoms with Gasteiger partial charge in [-0.15, -0.1) is 0 Å². The fourth-order valence-electron chi connectivity index (χ4n) is 7.83. The van der Waals surface area contributed by atoms with Gasteiger partial charge in [0.1, 0.15) is 11.2 Å².